The Morgan fingerprint density at radius 2 is 2.29 bits per heavy atom. The standard InChI is InChI=1S/C10H11N3O/c1-6-12-8-5-3-4-7(9(8)13-6)10(14)11-2/h3-5H,1-2H3,(H,11,14)(H,12,13). The Bertz CT molecular complexity index is 487. The molecular formula is C10H11N3O. The van der Waals surface area contributed by atoms with Crippen molar-refractivity contribution in [2.45, 2.75) is 6.92 Å². The van der Waals surface area contributed by atoms with Gasteiger partial charge in [0.15, 0.2) is 0 Å². The van der Waals surface area contributed by atoms with Crippen molar-refractivity contribution in [3.05, 3.63) is 29.6 Å². The summed E-state index contributed by atoms with van der Waals surface area (Å²) in [7, 11) is 1.61. The van der Waals surface area contributed by atoms with Crippen LogP contribution in [-0.4, -0.2) is 22.9 Å². The minimum atomic E-state index is -0.109. The van der Waals surface area contributed by atoms with E-state index in [0.29, 0.717) is 5.56 Å². The SMILES string of the molecule is CNC(=O)c1cccc2[nH]c(C)nc12. The van der Waals surface area contributed by atoms with Crippen LogP contribution in [0.4, 0.5) is 0 Å². The Hall–Kier alpha value is -1.84. The van der Waals surface area contributed by atoms with E-state index >= 15 is 0 Å². The van der Waals surface area contributed by atoms with Gasteiger partial charge in [0.1, 0.15) is 11.3 Å². The molecule has 0 aliphatic heterocycles. The number of amides is 1. The summed E-state index contributed by atoms with van der Waals surface area (Å²) in [6.45, 7) is 1.87. The molecule has 0 aliphatic carbocycles. The molecule has 1 aromatic carbocycles. The van der Waals surface area contributed by atoms with Gasteiger partial charge in [-0.25, -0.2) is 4.98 Å². The fourth-order valence-corrected chi connectivity index (χ4v) is 1.47. The molecule has 2 N–H and O–H groups in total. The second-order valence-corrected chi connectivity index (χ2v) is 3.10. The number of para-hydroxylation sites is 1. The number of nitrogens with one attached hydrogen (secondary N) is 2. The molecule has 1 aromatic heterocycles. The number of aryl methyl sites for hydroxylation is 1. The zero-order chi connectivity index (χ0) is 10.1. The van der Waals surface area contributed by atoms with Crippen LogP contribution in [0.2, 0.25) is 0 Å². The Morgan fingerprint density at radius 3 is 3.00 bits per heavy atom. The third kappa shape index (κ3) is 1.25. The maximum Gasteiger partial charge on any atom is 0.253 e. The lowest BCUT2D eigenvalue weighted by Crippen LogP contribution is -2.18. The van der Waals surface area contributed by atoms with Gasteiger partial charge in [0.25, 0.3) is 5.91 Å². The fourth-order valence-electron chi connectivity index (χ4n) is 1.47. The molecule has 14 heavy (non-hydrogen) atoms. The normalized spacial score (nSPS) is 10.4. The van der Waals surface area contributed by atoms with Crippen molar-refractivity contribution < 1.29 is 4.79 Å². The summed E-state index contributed by atoms with van der Waals surface area (Å²) in [5.74, 6) is 0.707. The van der Waals surface area contributed by atoms with E-state index in [2.05, 4.69) is 15.3 Å². The lowest BCUT2D eigenvalue weighted by molar-refractivity contribution is 0.0964. The Kier molecular flexibility index (Phi) is 1.96. The van der Waals surface area contributed by atoms with Gasteiger partial charge in [0.05, 0.1) is 11.1 Å². The first-order valence-corrected chi connectivity index (χ1v) is 4.40. The number of hydrogen-bond acceptors (Lipinski definition) is 2. The molecule has 4 nitrogen and oxygen atoms in total. The molecule has 0 fully saturated rings. The molecule has 2 rings (SSSR count). The first kappa shape index (κ1) is 8.74. The lowest BCUT2D eigenvalue weighted by Gasteiger charge is -1.99. The smallest absolute Gasteiger partial charge is 0.253 e. The molecule has 1 heterocycles. The van der Waals surface area contributed by atoms with Gasteiger partial charge in [0.2, 0.25) is 0 Å². The van der Waals surface area contributed by atoms with E-state index in [4.69, 9.17) is 0 Å². The number of carbonyl (C=O) groups is 1. The van der Waals surface area contributed by atoms with Crippen LogP contribution in [0.5, 0.6) is 0 Å². The van der Waals surface area contributed by atoms with E-state index in [0.717, 1.165) is 16.9 Å². The third-order valence-electron chi connectivity index (χ3n) is 2.10. The molecule has 72 valence electrons. The number of H-pyrrole nitrogens is 1. The van der Waals surface area contributed by atoms with E-state index in [1.165, 1.54) is 0 Å². The maximum absolute atomic E-state index is 11.5. The van der Waals surface area contributed by atoms with Gasteiger partial charge in [-0.2, -0.15) is 0 Å². The van der Waals surface area contributed by atoms with Crippen molar-refractivity contribution in [2.75, 3.05) is 7.05 Å². The lowest BCUT2D eigenvalue weighted by atomic mass is 10.2. The zero-order valence-electron chi connectivity index (χ0n) is 8.09. The van der Waals surface area contributed by atoms with Gasteiger partial charge in [0, 0.05) is 7.05 Å². The molecular weight excluding hydrogens is 178 g/mol. The highest BCUT2D eigenvalue weighted by molar-refractivity contribution is 6.04. The summed E-state index contributed by atoms with van der Waals surface area (Å²) in [5, 5.41) is 2.59. The van der Waals surface area contributed by atoms with E-state index in [1.807, 2.05) is 19.1 Å². The second kappa shape index (κ2) is 3.14. The van der Waals surface area contributed by atoms with Crippen LogP contribution in [0.15, 0.2) is 18.2 Å². The Labute approximate surface area is 81.3 Å². The van der Waals surface area contributed by atoms with Crippen LogP contribution in [0, 0.1) is 6.92 Å². The summed E-state index contributed by atoms with van der Waals surface area (Å²) >= 11 is 0. The summed E-state index contributed by atoms with van der Waals surface area (Å²) in [4.78, 5) is 18.8. The van der Waals surface area contributed by atoms with Crippen molar-refractivity contribution >= 4 is 16.9 Å². The predicted molar refractivity (Wildman–Crippen MR) is 54.2 cm³/mol. The monoisotopic (exact) mass is 189 g/mol. The van der Waals surface area contributed by atoms with Crippen molar-refractivity contribution in [2.24, 2.45) is 0 Å². The van der Waals surface area contributed by atoms with Crippen LogP contribution in [0.3, 0.4) is 0 Å². The average molecular weight is 189 g/mol. The number of aromatic nitrogens is 2. The van der Waals surface area contributed by atoms with Gasteiger partial charge in [-0.05, 0) is 19.1 Å². The summed E-state index contributed by atoms with van der Waals surface area (Å²) in [6, 6.07) is 5.51. The fraction of sp³-hybridized carbons (Fsp3) is 0.200. The second-order valence-electron chi connectivity index (χ2n) is 3.10. The minimum Gasteiger partial charge on any atom is -0.355 e. The number of nitrogens with zero attached hydrogens (tertiary/aromatic N) is 1. The van der Waals surface area contributed by atoms with Gasteiger partial charge in [-0.3, -0.25) is 4.79 Å². The molecule has 0 saturated carbocycles. The number of benzene rings is 1. The van der Waals surface area contributed by atoms with Crippen molar-refractivity contribution in [3.8, 4) is 0 Å². The molecule has 0 aliphatic rings. The number of imidazole rings is 1. The average Bonchev–Trinajstić information content (AvgIpc) is 2.56. The van der Waals surface area contributed by atoms with Crippen molar-refractivity contribution in [1.29, 1.82) is 0 Å². The number of aromatic amines is 1. The number of hydrogen-bond donors (Lipinski definition) is 2. The Morgan fingerprint density at radius 1 is 1.50 bits per heavy atom. The van der Waals surface area contributed by atoms with E-state index in [9.17, 15) is 4.79 Å². The topological polar surface area (TPSA) is 57.8 Å². The molecule has 0 bridgehead atoms. The molecule has 0 saturated heterocycles. The maximum atomic E-state index is 11.5. The summed E-state index contributed by atoms with van der Waals surface area (Å²) in [6.07, 6.45) is 0. The molecule has 1 amide bonds. The molecule has 0 atom stereocenters. The molecule has 0 radical (unpaired) electrons. The van der Waals surface area contributed by atoms with Crippen LogP contribution >= 0.6 is 0 Å². The number of carbonyl (C=O) groups excluding carboxylic acids is 1. The largest absolute Gasteiger partial charge is 0.355 e. The molecule has 2 aromatic rings. The minimum absolute atomic E-state index is 0.109. The van der Waals surface area contributed by atoms with Gasteiger partial charge in [-0.15, -0.1) is 0 Å². The van der Waals surface area contributed by atoms with E-state index in [-0.39, 0.29) is 5.91 Å². The van der Waals surface area contributed by atoms with Crippen LogP contribution in [-0.2, 0) is 0 Å². The summed E-state index contributed by atoms with van der Waals surface area (Å²) < 4.78 is 0. The van der Waals surface area contributed by atoms with Crippen molar-refractivity contribution in [1.82, 2.24) is 15.3 Å². The quantitative estimate of drug-likeness (QED) is 0.708. The first-order valence-electron chi connectivity index (χ1n) is 4.40. The van der Waals surface area contributed by atoms with Crippen LogP contribution in [0.25, 0.3) is 11.0 Å². The molecule has 0 spiro atoms. The highest BCUT2D eigenvalue weighted by atomic mass is 16.1. The van der Waals surface area contributed by atoms with E-state index in [1.54, 1.807) is 13.1 Å². The summed E-state index contributed by atoms with van der Waals surface area (Å²) in [5.41, 5.74) is 2.22. The van der Waals surface area contributed by atoms with E-state index < -0.39 is 0 Å². The van der Waals surface area contributed by atoms with Gasteiger partial charge < -0.3 is 10.3 Å². The van der Waals surface area contributed by atoms with Crippen LogP contribution < -0.4 is 5.32 Å². The Balaban J connectivity index is 2.70. The molecule has 0 unspecified atom stereocenters. The predicted octanol–water partition coefficient (Wildman–Crippen LogP) is 1.23. The number of rotatable bonds is 1. The third-order valence-corrected chi connectivity index (χ3v) is 2.10. The number of fused-ring (bicyclic) bond motifs is 1. The highest BCUT2D eigenvalue weighted by Gasteiger charge is 2.10. The molecule has 4 heteroatoms. The highest BCUT2D eigenvalue weighted by Crippen LogP contribution is 2.15. The van der Waals surface area contributed by atoms with Gasteiger partial charge >= 0.3 is 0 Å². The zero-order valence-corrected chi connectivity index (χ0v) is 8.09. The van der Waals surface area contributed by atoms with Crippen molar-refractivity contribution in [3.63, 3.8) is 0 Å². The van der Waals surface area contributed by atoms with Gasteiger partial charge in [-0.1, -0.05) is 6.07 Å². The van der Waals surface area contributed by atoms with Crippen LogP contribution in [0.1, 0.15) is 16.2 Å². The first-order chi connectivity index (χ1) is 6.72.